The molecule has 3 N–H and O–H groups in total. The fourth-order valence-electron chi connectivity index (χ4n) is 7.38. The Morgan fingerprint density at radius 1 is 1.07 bits per heavy atom. The van der Waals surface area contributed by atoms with Crippen molar-refractivity contribution in [3.05, 3.63) is 65.7 Å². The molecular formula is C34H47N3O7S. The van der Waals surface area contributed by atoms with Crippen LogP contribution in [0, 0.1) is 17.8 Å². The summed E-state index contributed by atoms with van der Waals surface area (Å²) in [7, 11) is -2.00. The number of fused-ring (bicyclic) bond motifs is 2. The number of sulfonamides is 1. The number of hydrogen-bond acceptors (Lipinski definition) is 8. The molecule has 7 atom stereocenters. The van der Waals surface area contributed by atoms with E-state index in [1.165, 1.54) is 4.31 Å². The van der Waals surface area contributed by atoms with Gasteiger partial charge in [-0.3, -0.25) is 0 Å². The minimum atomic E-state index is -3.93. The van der Waals surface area contributed by atoms with Crippen LogP contribution in [0.3, 0.4) is 0 Å². The van der Waals surface area contributed by atoms with Crippen LogP contribution in [0.15, 0.2) is 59.5 Å². The number of carbonyl (C=O) groups excluding carboxylic acids is 1. The van der Waals surface area contributed by atoms with E-state index in [1.807, 2.05) is 63.4 Å². The van der Waals surface area contributed by atoms with Gasteiger partial charge in [0.2, 0.25) is 10.0 Å². The van der Waals surface area contributed by atoms with Crippen LogP contribution in [-0.4, -0.2) is 87.9 Å². The third-order valence-electron chi connectivity index (χ3n) is 9.88. The Balaban J connectivity index is 1.18. The Bertz CT molecular complexity index is 1410. The minimum Gasteiger partial charge on any atom is -0.443 e. The van der Waals surface area contributed by atoms with Gasteiger partial charge in [0, 0.05) is 36.9 Å². The van der Waals surface area contributed by atoms with E-state index in [1.54, 1.807) is 12.1 Å². The number of ether oxygens (including phenoxy) is 3. The number of carbonyl (C=O) groups is 1. The predicted molar refractivity (Wildman–Crippen MR) is 169 cm³/mol. The molecule has 4 fully saturated rings. The van der Waals surface area contributed by atoms with Crippen molar-refractivity contribution in [3.8, 4) is 0 Å². The first-order chi connectivity index (χ1) is 21.6. The second kappa shape index (κ2) is 13.3. The molecule has 0 spiro atoms. The van der Waals surface area contributed by atoms with E-state index in [0.29, 0.717) is 18.9 Å². The molecule has 5 unspecified atom stereocenters. The highest BCUT2D eigenvalue weighted by Gasteiger charge is 2.53. The van der Waals surface area contributed by atoms with E-state index < -0.39 is 34.4 Å². The van der Waals surface area contributed by atoms with Crippen LogP contribution in [0.1, 0.15) is 50.7 Å². The fraction of sp³-hybridized carbons (Fsp3) is 0.618. The number of likely N-dealkylation sites (N-methyl/N-ethyl adjacent to an activating group) is 1. The Morgan fingerprint density at radius 2 is 1.80 bits per heavy atom. The molecule has 0 radical (unpaired) electrons. The van der Waals surface area contributed by atoms with Crippen LogP contribution in [0.25, 0.3) is 0 Å². The van der Waals surface area contributed by atoms with Gasteiger partial charge in [-0.15, -0.1) is 0 Å². The number of benzene rings is 2. The lowest BCUT2D eigenvalue weighted by molar-refractivity contribution is -0.153. The number of alkyl carbamates (subject to hydrolysis) is 1. The van der Waals surface area contributed by atoms with Crippen molar-refractivity contribution in [2.45, 2.75) is 86.9 Å². The van der Waals surface area contributed by atoms with Crippen LogP contribution in [0.5, 0.6) is 0 Å². The van der Waals surface area contributed by atoms with E-state index in [0.717, 1.165) is 43.4 Å². The van der Waals surface area contributed by atoms with Crippen LogP contribution in [0.4, 0.5) is 4.79 Å². The maximum Gasteiger partial charge on any atom is 0.407 e. The molecule has 4 aliphatic rings. The summed E-state index contributed by atoms with van der Waals surface area (Å²) in [5.74, 6) is 0.431. The van der Waals surface area contributed by atoms with Crippen molar-refractivity contribution in [1.29, 1.82) is 0 Å². The molecule has 2 aliphatic heterocycles. The van der Waals surface area contributed by atoms with Crippen LogP contribution in [-0.2, 0) is 36.1 Å². The molecule has 45 heavy (non-hydrogen) atoms. The molecule has 2 heterocycles. The standard InChI is InChI=1S/C34H47N3O7S/c1-22(2)18-37(45(40,41)27-11-9-26(10-12-27)34(13-14-34)21-35-3)19-29(38)28(15-23-7-5-4-6-8-23)36-33(39)44-31-25-16-24-17-30(31)43-32(24)42-20-25/h4-12,22,24-25,28-32,35,38H,13-21H2,1-3H3,(H,36,39)/t24?,25?,28-,29+,30?,31?,32?/m0/s1. The number of nitrogens with one attached hydrogen (secondary N) is 2. The monoisotopic (exact) mass is 641 g/mol. The van der Waals surface area contributed by atoms with Crippen LogP contribution < -0.4 is 10.6 Å². The van der Waals surface area contributed by atoms with Crippen molar-refractivity contribution in [3.63, 3.8) is 0 Å². The first kappa shape index (κ1) is 32.4. The zero-order chi connectivity index (χ0) is 31.8. The lowest BCUT2D eigenvalue weighted by atomic mass is 9.78. The lowest BCUT2D eigenvalue weighted by Crippen LogP contribution is -2.53. The highest BCUT2D eigenvalue weighted by atomic mass is 32.2. The Morgan fingerprint density at radius 3 is 2.47 bits per heavy atom. The molecule has 3 bridgehead atoms. The maximum absolute atomic E-state index is 14.0. The first-order valence-corrected chi connectivity index (χ1v) is 17.7. The predicted octanol–water partition coefficient (Wildman–Crippen LogP) is 3.43. The Hall–Kier alpha value is -2.54. The molecule has 11 heteroatoms. The summed E-state index contributed by atoms with van der Waals surface area (Å²) in [5, 5.41) is 17.8. The zero-order valence-electron chi connectivity index (χ0n) is 26.4. The lowest BCUT2D eigenvalue weighted by Gasteiger charge is -2.37. The van der Waals surface area contributed by atoms with E-state index in [-0.39, 0.29) is 47.6 Å². The number of amides is 1. The van der Waals surface area contributed by atoms with E-state index >= 15 is 0 Å². The summed E-state index contributed by atoms with van der Waals surface area (Å²) in [6.07, 6.45) is 1.46. The van der Waals surface area contributed by atoms with Crippen molar-refractivity contribution in [2.75, 3.05) is 33.3 Å². The van der Waals surface area contributed by atoms with Gasteiger partial charge in [0.15, 0.2) is 6.29 Å². The third-order valence-corrected chi connectivity index (χ3v) is 11.7. The molecule has 1 amide bonds. The molecular weight excluding hydrogens is 594 g/mol. The topological polar surface area (TPSA) is 126 Å². The zero-order valence-corrected chi connectivity index (χ0v) is 27.2. The minimum absolute atomic E-state index is 0.0149. The fourth-order valence-corrected chi connectivity index (χ4v) is 9.00. The molecule has 10 nitrogen and oxygen atoms in total. The molecule has 2 aromatic rings. The van der Waals surface area contributed by atoms with Crippen molar-refractivity contribution in [2.24, 2.45) is 17.8 Å². The SMILES string of the molecule is CNCC1(c2ccc(S(=O)(=O)N(CC(C)C)C[C@@H](O)[C@H](Cc3ccccc3)NC(=O)OC3C4COC5OC3CC5C4)cc2)CC1. The van der Waals surface area contributed by atoms with Crippen molar-refractivity contribution < 1.29 is 32.5 Å². The maximum atomic E-state index is 14.0. The average Bonchev–Trinajstić information content (AvgIpc) is 3.74. The quantitative estimate of drug-likeness (QED) is 0.287. The number of hydrogen-bond donors (Lipinski definition) is 3. The summed E-state index contributed by atoms with van der Waals surface area (Å²) < 4.78 is 47.0. The van der Waals surface area contributed by atoms with Gasteiger partial charge in [-0.1, -0.05) is 56.3 Å². The summed E-state index contributed by atoms with van der Waals surface area (Å²) in [6, 6.07) is 15.9. The summed E-state index contributed by atoms with van der Waals surface area (Å²) in [4.78, 5) is 13.5. The van der Waals surface area contributed by atoms with Gasteiger partial charge in [0.05, 0.1) is 29.8 Å². The summed E-state index contributed by atoms with van der Waals surface area (Å²) in [5.41, 5.74) is 2.11. The second-order valence-electron chi connectivity index (χ2n) is 13.8. The number of rotatable bonds is 14. The first-order valence-electron chi connectivity index (χ1n) is 16.3. The third kappa shape index (κ3) is 7.08. The molecule has 2 saturated carbocycles. The van der Waals surface area contributed by atoms with Gasteiger partial charge in [0.25, 0.3) is 0 Å². The number of aliphatic hydroxyl groups is 1. The van der Waals surface area contributed by atoms with Crippen LogP contribution >= 0.6 is 0 Å². The summed E-state index contributed by atoms with van der Waals surface area (Å²) in [6.45, 7) is 5.27. The number of nitrogens with zero attached hydrogens (tertiary/aromatic N) is 1. The molecule has 2 aliphatic carbocycles. The number of aliphatic hydroxyl groups excluding tert-OH is 1. The Labute approximate surface area is 266 Å². The van der Waals surface area contributed by atoms with Gasteiger partial charge in [-0.05, 0) is 68.3 Å². The van der Waals surface area contributed by atoms with E-state index in [2.05, 4.69) is 10.6 Å². The van der Waals surface area contributed by atoms with E-state index in [4.69, 9.17) is 14.2 Å². The smallest absolute Gasteiger partial charge is 0.407 e. The largest absolute Gasteiger partial charge is 0.443 e. The van der Waals surface area contributed by atoms with Gasteiger partial charge in [-0.25, -0.2) is 13.2 Å². The Kier molecular flexibility index (Phi) is 9.57. The molecule has 0 aromatic heterocycles. The molecule has 6 rings (SSSR count). The van der Waals surface area contributed by atoms with Crippen LogP contribution in [0.2, 0.25) is 0 Å². The normalized spacial score (nSPS) is 27.8. The molecule has 246 valence electrons. The van der Waals surface area contributed by atoms with Gasteiger partial charge in [-0.2, -0.15) is 4.31 Å². The highest BCUT2D eigenvalue weighted by molar-refractivity contribution is 7.89. The highest BCUT2D eigenvalue weighted by Crippen LogP contribution is 2.48. The molecule has 2 saturated heterocycles. The van der Waals surface area contributed by atoms with E-state index in [9.17, 15) is 18.3 Å². The van der Waals surface area contributed by atoms with Gasteiger partial charge >= 0.3 is 6.09 Å². The average molecular weight is 642 g/mol. The second-order valence-corrected chi connectivity index (χ2v) is 15.7. The van der Waals surface area contributed by atoms with Gasteiger partial charge < -0.3 is 30.0 Å². The molecule has 2 aromatic carbocycles. The van der Waals surface area contributed by atoms with Crippen molar-refractivity contribution in [1.82, 2.24) is 14.9 Å². The van der Waals surface area contributed by atoms with Gasteiger partial charge in [0.1, 0.15) is 6.10 Å². The van der Waals surface area contributed by atoms with Crippen molar-refractivity contribution >= 4 is 16.1 Å². The summed E-state index contributed by atoms with van der Waals surface area (Å²) >= 11 is 0.